The van der Waals surface area contributed by atoms with E-state index in [2.05, 4.69) is 15.9 Å². The zero-order valence-electron chi connectivity index (χ0n) is 8.45. The van der Waals surface area contributed by atoms with Crippen LogP contribution in [0.5, 0.6) is 0 Å². The summed E-state index contributed by atoms with van der Waals surface area (Å²) in [6, 6.07) is 1.30. The molecule has 0 saturated heterocycles. The van der Waals surface area contributed by atoms with Crippen LogP contribution >= 0.6 is 38.9 Å². The number of hydrogen-bond acceptors (Lipinski definition) is 4. The smallest absolute Gasteiger partial charge is 0.273 e. The highest BCUT2D eigenvalue weighted by atomic mass is 79.9. The minimum Gasteiger partial charge on any atom is -0.274 e. The molecule has 0 unspecified atom stereocenters. The van der Waals surface area contributed by atoms with Crippen LogP contribution in [0.4, 0.5) is 0 Å². The van der Waals surface area contributed by atoms with Gasteiger partial charge in [-0.25, -0.2) is 13.1 Å². The third-order valence-corrected chi connectivity index (χ3v) is 5.94. The molecule has 1 aromatic heterocycles. The monoisotopic (exact) mass is 345 g/mol. The zero-order valence-corrected chi connectivity index (χ0v) is 12.4. The maximum atomic E-state index is 11.7. The second-order valence-electron chi connectivity index (χ2n) is 3.31. The number of carbonyl (C=O) groups is 1. The Kier molecular flexibility index (Phi) is 4.39. The molecule has 0 aromatic carbocycles. The second kappa shape index (κ2) is 5.03. The summed E-state index contributed by atoms with van der Waals surface area (Å²) in [4.78, 5) is 11.3. The van der Waals surface area contributed by atoms with E-state index in [9.17, 15) is 13.2 Å². The number of rotatable bonds is 3. The summed E-state index contributed by atoms with van der Waals surface area (Å²) in [5.41, 5.74) is 0. The number of carbonyl (C=O) groups excluding carboxylic acids is 1. The third kappa shape index (κ3) is 3.19. The number of amides is 1. The average Bonchev–Trinajstić information content (AvgIpc) is 2.47. The molecule has 90 valence electrons. The Bertz CT molecular complexity index is 490. The van der Waals surface area contributed by atoms with Crippen LogP contribution in [-0.4, -0.2) is 14.3 Å². The third-order valence-electron chi connectivity index (χ3n) is 1.65. The summed E-state index contributed by atoms with van der Waals surface area (Å²) in [7, 11) is -3.80. The van der Waals surface area contributed by atoms with E-state index in [-0.39, 0.29) is 4.21 Å². The van der Waals surface area contributed by atoms with E-state index in [1.165, 1.54) is 6.07 Å². The molecule has 0 aliphatic rings. The van der Waals surface area contributed by atoms with Gasteiger partial charge in [-0.05, 0) is 22.0 Å². The standard InChI is InChI=1S/C8H9BrClNO3S2/c1-4(2)8(12)11-16(13,14)6-3-5(10)7(9)15-6/h3-4H,1-2H3,(H,11,12). The van der Waals surface area contributed by atoms with Crippen molar-refractivity contribution < 1.29 is 13.2 Å². The van der Waals surface area contributed by atoms with Crippen LogP contribution in [0.2, 0.25) is 5.02 Å². The van der Waals surface area contributed by atoms with Gasteiger partial charge in [-0.15, -0.1) is 11.3 Å². The first kappa shape index (κ1) is 14.0. The van der Waals surface area contributed by atoms with Crippen molar-refractivity contribution in [1.29, 1.82) is 0 Å². The van der Waals surface area contributed by atoms with Gasteiger partial charge < -0.3 is 0 Å². The fourth-order valence-electron chi connectivity index (χ4n) is 0.760. The molecule has 4 nitrogen and oxygen atoms in total. The number of hydrogen-bond donors (Lipinski definition) is 1. The van der Waals surface area contributed by atoms with Crippen molar-refractivity contribution in [2.24, 2.45) is 5.92 Å². The zero-order chi connectivity index (χ0) is 12.5. The van der Waals surface area contributed by atoms with Crippen molar-refractivity contribution in [3.63, 3.8) is 0 Å². The summed E-state index contributed by atoms with van der Waals surface area (Å²) in [5.74, 6) is -0.936. The lowest BCUT2D eigenvalue weighted by Gasteiger charge is -2.06. The molecule has 0 bridgehead atoms. The molecular weight excluding hydrogens is 338 g/mol. The van der Waals surface area contributed by atoms with Gasteiger partial charge in [-0.1, -0.05) is 25.4 Å². The number of sulfonamides is 1. The van der Waals surface area contributed by atoms with Crippen LogP contribution in [-0.2, 0) is 14.8 Å². The lowest BCUT2D eigenvalue weighted by molar-refractivity contribution is -0.122. The Morgan fingerprint density at radius 2 is 2.12 bits per heavy atom. The van der Waals surface area contributed by atoms with Gasteiger partial charge in [0.2, 0.25) is 5.91 Å². The summed E-state index contributed by atoms with van der Waals surface area (Å²) in [5, 5.41) is 0.308. The molecule has 8 heteroatoms. The van der Waals surface area contributed by atoms with E-state index in [1.807, 2.05) is 4.72 Å². The van der Waals surface area contributed by atoms with Crippen LogP contribution in [0.15, 0.2) is 14.1 Å². The predicted molar refractivity (Wildman–Crippen MR) is 67.2 cm³/mol. The van der Waals surface area contributed by atoms with Crippen molar-refractivity contribution >= 4 is 54.8 Å². The molecule has 16 heavy (non-hydrogen) atoms. The van der Waals surface area contributed by atoms with Gasteiger partial charge in [-0.2, -0.15) is 0 Å². The summed E-state index contributed by atoms with van der Waals surface area (Å²) in [6.07, 6.45) is 0. The molecular formula is C8H9BrClNO3S2. The van der Waals surface area contributed by atoms with E-state index in [0.29, 0.717) is 8.81 Å². The molecule has 0 aliphatic carbocycles. The fraction of sp³-hybridized carbons (Fsp3) is 0.375. The Hall–Kier alpha value is -0.110. The van der Waals surface area contributed by atoms with E-state index < -0.39 is 21.8 Å². The second-order valence-corrected chi connectivity index (χ2v) is 8.00. The normalized spacial score (nSPS) is 11.8. The molecule has 0 saturated carbocycles. The summed E-state index contributed by atoms with van der Waals surface area (Å²) >= 11 is 9.79. The van der Waals surface area contributed by atoms with E-state index in [0.717, 1.165) is 11.3 Å². The van der Waals surface area contributed by atoms with Crippen LogP contribution in [0.25, 0.3) is 0 Å². The minimum absolute atomic E-state index is 0.0124. The van der Waals surface area contributed by atoms with E-state index in [4.69, 9.17) is 11.6 Å². The lowest BCUT2D eigenvalue weighted by atomic mass is 10.2. The first-order chi connectivity index (χ1) is 7.24. The van der Waals surface area contributed by atoms with Gasteiger partial charge in [0, 0.05) is 5.92 Å². The van der Waals surface area contributed by atoms with Crippen molar-refractivity contribution in [2.45, 2.75) is 18.1 Å². The summed E-state index contributed by atoms with van der Waals surface area (Å²) < 4.78 is 25.9. The quantitative estimate of drug-likeness (QED) is 0.915. The van der Waals surface area contributed by atoms with Crippen LogP contribution in [0, 0.1) is 5.92 Å². The van der Waals surface area contributed by atoms with Crippen LogP contribution < -0.4 is 4.72 Å². The first-order valence-corrected chi connectivity index (χ1v) is 7.72. The largest absolute Gasteiger partial charge is 0.274 e. The highest BCUT2D eigenvalue weighted by Gasteiger charge is 2.22. The Morgan fingerprint density at radius 3 is 2.50 bits per heavy atom. The first-order valence-electron chi connectivity index (χ1n) is 4.25. The summed E-state index contributed by atoms with van der Waals surface area (Å²) in [6.45, 7) is 3.23. The van der Waals surface area contributed by atoms with Crippen LogP contribution in [0.3, 0.4) is 0 Å². The van der Waals surface area contributed by atoms with Gasteiger partial charge in [0.15, 0.2) is 0 Å². The lowest BCUT2D eigenvalue weighted by Crippen LogP contribution is -2.33. The highest BCUT2D eigenvalue weighted by Crippen LogP contribution is 2.34. The van der Waals surface area contributed by atoms with Gasteiger partial charge >= 0.3 is 0 Å². The highest BCUT2D eigenvalue weighted by molar-refractivity contribution is 9.11. The van der Waals surface area contributed by atoms with E-state index >= 15 is 0 Å². The number of thiophene rings is 1. The Labute approximate surface area is 111 Å². The van der Waals surface area contributed by atoms with Crippen LogP contribution in [0.1, 0.15) is 13.8 Å². The number of halogens is 2. The average molecular weight is 347 g/mol. The fourth-order valence-corrected chi connectivity index (χ4v) is 4.27. The molecule has 1 heterocycles. The SMILES string of the molecule is CC(C)C(=O)NS(=O)(=O)c1cc(Cl)c(Br)s1. The van der Waals surface area contributed by atoms with Crippen molar-refractivity contribution in [3.8, 4) is 0 Å². The molecule has 1 amide bonds. The van der Waals surface area contributed by atoms with Gasteiger partial charge in [0.05, 0.1) is 8.81 Å². The van der Waals surface area contributed by atoms with Crippen molar-refractivity contribution in [3.05, 3.63) is 14.9 Å². The predicted octanol–water partition coefficient (Wildman–Crippen LogP) is 2.62. The van der Waals surface area contributed by atoms with E-state index in [1.54, 1.807) is 13.8 Å². The van der Waals surface area contributed by atoms with Crippen molar-refractivity contribution in [2.75, 3.05) is 0 Å². The molecule has 1 rings (SSSR count). The Balaban J connectivity index is 2.99. The molecule has 0 atom stereocenters. The molecule has 1 aromatic rings. The molecule has 0 fully saturated rings. The maximum absolute atomic E-state index is 11.7. The molecule has 0 spiro atoms. The Morgan fingerprint density at radius 1 is 1.56 bits per heavy atom. The van der Waals surface area contributed by atoms with Gasteiger partial charge in [-0.3, -0.25) is 4.79 Å². The van der Waals surface area contributed by atoms with Crippen molar-refractivity contribution in [1.82, 2.24) is 4.72 Å². The maximum Gasteiger partial charge on any atom is 0.273 e. The minimum atomic E-state index is -3.80. The number of nitrogens with one attached hydrogen (secondary N) is 1. The topological polar surface area (TPSA) is 63.2 Å². The van der Waals surface area contributed by atoms with Gasteiger partial charge in [0.1, 0.15) is 4.21 Å². The molecule has 0 radical (unpaired) electrons. The van der Waals surface area contributed by atoms with Gasteiger partial charge in [0.25, 0.3) is 10.0 Å². The molecule has 1 N–H and O–H groups in total. The molecule has 0 aliphatic heterocycles.